The molecule has 74 valence electrons. The summed E-state index contributed by atoms with van der Waals surface area (Å²) < 4.78 is 0. The van der Waals surface area contributed by atoms with E-state index in [2.05, 4.69) is 4.98 Å². The molecule has 0 N–H and O–H groups in total. The van der Waals surface area contributed by atoms with Crippen molar-refractivity contribution in [2.75, 3.05) is 0 Å². The fraction of sp³-hybridized carbons (Fsp3) is 0.250. The van der Waals surface area contributed by atoms with E-state index in [9.17, 15) is 14.9 Å². The van der Waals surface area contributed by atoms with E-state index in [4.69, 9.17) is 0 Å². The summed E-state index contributed by atoms with van der Waals surface area (Å²) in [5.74, 6) is 0. The van der Waals surface area contributed by atoms with Crippen molar-refractivity contribution in [2.24, 2.45) is 0 Å². The van der Waals surface area contributed by atoms with Crippen molar-refractivity contribution in [1.29, 1.82) is 0 Å². The van der Waals surface area contributed by atoms with Crippen molar-refractivity contribution in [2.45, 2.75) is 18.4 Å². The van der Waals surface area contributed by atoms with Gasteiger partial charge in [-0.25, -0.2) is 4.98 Å². The molecule has 1 aromatic rings. The Bertz CT molecular complexity index is 350. The Morgan fingerprint density at radius 2 is 2.36 bits per heavy atom. The van der Waals surface area contributed by atoms with Crippen LogP contribution in [-0.2, 0) is 4.79 Å². The Balaban J connectivity index is 2.73. The Kier molecular flexibility index (Phi) is 3.58. The van der Waals surface area contributed by atoms with Crippen molar-refractivity contribution in [1.82, 2.24) is 4.98 Å². The van der Waals surface area contributed by atoms with Crippen LogP contribution in [0.3, 0.4) is 0 Å². The molecular weight excluding hydrogens is 204 g/mol. The third-order valence-electron chi connectivity index (χ3n) is 1.44. The minimum Gasteiger partial charge on any atom is -0.287 e. The number of nitro groups is 1. The summed E-state index contributed by atoms with van der Waals surface area (Å²) in [5, 5.41) is 10.8. The van der Waals surface area contributed by atoms with Crippen molar-refractivity contribution in [3.63, 3.8) is 0 Å². The second-order valence-corrected chi connectivity index (χ2v) is 3.52. The van der Waals surface area contributed by atoms with Gasteiger partial charge in [-0.3, -0.25) is 14.9 Å². The fourth-order valence-corrected chi connectivity index (χ4v) is 1.35. The number of nitrogens with zero attached hydrogens (tertiary/aromatic N) is 2. The van der Waals surface area contributed by atoms with Gasteiger partial charge in [-0.2, -0.15) is 0 Å². The van der Waals surface area contributed by atoms with Gasteiger partial charge in [0.25, 0.3) is 5.69 Å². The number of hydrogen-bond acceptors (Lipinski definition) is 5. The highest BCUT2D eigenvalue weighted by Gasteiger charge is 2.07. The van der Waals surface area contributed by atoms with Crippen LogP contribution in [0.5, 0.6) is 0 Å². The third kappa shape index (κ3) is 2.81. The zero-order valence-electron chi connectivity index (χ0n) is 7.47. The lowest BCUT2D eigenvalue weighted by molar-refractivity contribution is -0.385. The molecule has 0 atom stereocenters. The zero-order chi connectivity index (χ0) is 10.6. The van der Waals surface area contributed by atoms with Crippen LogP contribution in [0.2, 0.25) is 0 Å². The van der Waals surface area contributed by atoms with E-state index in [1.165, 1.54) is 12.1 Å². The van der Waals surface area contributed by atoms with E-state index in [-0.39, 0.29) is 10.8 Å². The first-order valence-electron chi connectivity index (χ1n) is 3.94. The van der Waals surface area contributed by atoms with Gasteiger partial charge in [0.1, 0.15) is 11.2 Å². The molecule has 0 unspecified atom stereocenters. The van der Waals surface area contributed by atoms with Crippen LogP contribution >= 0.6 is 11.8 Å². The zero-order valence-corrected chi connectivity index (χ0v) is 8.28. The number of carbonyl (C=O) groups is 1. The van der Waals surface area contributed by atoms with Crippen molar-refractivity contribution >= 4 is 22.6 Å². The maximum atomic E-state index is 11.0. The van der Waals surface area contributed by atoms with Gasteiger partial charge in [-0.15, -0.1) is 0 Å². The first kappa shape index (κ1) is 10.6. The Hall–Kier alpha value is -1.43. The molecule has 0 bridgehead atoms. The minimum atomic E-state index is -0.525. The largest absolute Gasteiger partial charge is 0.287 e. The lowest BCUT2D eigenvalue weighted by Crippen LogP contribution is -1.92. The van der Waals surface area contributed by atoms with Crippen LogP contribution in [0, 0.1) is 10.1 Å². The average Bonchev–Trinajstić information content (AvgIpc) is 2.18. The second kappa shape index (κ2) is 4.71. The fourth-order valence-electron chi connectivity index (χ4n) is 0.730. The third-order valence-corrected chi connectivity index (χ3v) is 2.41. The molecule has 0 aliphatic rings. The summed E-state index contributed by atoms with van der Waals surface area (Å²) in [6, 6.07) is 2.80. The number of thioether (sulfide) groups is 1. The molecule has 0 radical (unpaired) electrons. The van der Waals surface area contributed by atoms with E-state index >= 15 is 0 Å². The number of hydrogen-bond donors (Lipinski definition) is 0. The Labute approximate surface area is 84.7 Å². The van der Waals surface area contributed by atoms with Crippen LogP contribution in [0.25, 0.3) is 0 Å². The number of pyridine rings is 1. The second-order valence-electron chi connectivity index (χ2n) is 2.44. The highest BCUT2D eigenvalue weighted by atomic mass is 32.2. The lowest BCUT2D eigenvalue weighted by Gasteiger charge is -1.96. The van der Waals surface area contributed by atoms with E-state index in [0.717, 1.165) is 18.0 Å². The highest BCUT2D eigenvalue weighted by molar-refractivity contribution is 8.13. The highest BCUT2D eigenvalue weighted by Crippen LogP contribution is 2.19. The van der Waals surface area contributed by atoms with Crippen molar-refractivity contribution < 1.29 is 9.72 Å². The van der Waals surface area contributed by atoms with E-state index in [0.29, 0.717) is 11.4 Å². The monoisotopic (exact) mass is 212 g/mol. The Morgan fingerprint density at radius 3 is 2.79 bits per heavy atom. The Morgan fingerprint density at radius 1 is 1.64 bits per heavy atom. The molecule has 1 rings (SSSR count). The maximum Gasteiger partial charge on any atom is 0.287 e. The van der Waals surface area contributed by atoms with Gasteiger partial charge in [-0.1, -0.05) is 6.92 Å². The van der Waals surface area contributed by atoms with Crippen LogP contribution in [0.1, 0.15) is 13.3 Å². The van der Waals surface area contributed by atoms with E-state index in [1.54, 1.807) is 6.92 Å². The van der Waals surface area contributed by atoms with Crippen molar-refractivity contribution in [3.05, 3.63) is 28.4 Å². The molecule has 0 saturated heterocycles. The first-order chi connectivity index (χ1) is 6.63. The number of aromatic nitrogens is 1. The van der Waals surface area contributed by atoms with Gasteiger partial charge < -0.3 is 0 Å². The summed E-state index contributed by atoms with van der Waals surface area (Å²) >= 11 is 0.991. The van der Waals surface area contributed by atoms with E-state index in [1.807, 2.05) is 0 Å². The standard InChI is InChI=1S/C8H8N2O3S/c1-2-8(11)14-7-4-3-6(5-9-7)10(12)13/h3-5H,2H2,1H3. The molecule has 0 aliphatic heterocycles. The minimum absolute atomic E-state index is 0.00801. The molecule has 1 heterocycles. The van der Waals surface area contributed by atoms with Crippen LogP contribution in [-0.4, -0.2) is 15.0 Å². The van der Waals surface area contributed by atoms with Gasteiger partial charge in [0.2, 0.25) is 0 Å². The van der Waals surface area contributed by atoms with Gasteiger partial charge in [0, 0.05) is 12.5 Å². The molecule has 0 fully saturated rings. The van der Waals surface area contributed by atoms with Crippen LogP contribution in [0.4, 0.5) is 5.69 Å². The molecule has 0 amide bonds. The van der Waals surface area contributed by atoms with Crippen LogP contribution < -0.4 is 0 Å². The molecule has 0 aliphatic carbocycles. The summed E-state index contributed by atoms with van der Waals surface area (Å²) in [6.07, 6.45) is 1.56. The molecule has 5 nitrogen and oxygen atoms in total. The topological polar surface area (TPSA) is 73.1 Å². The summed E-state index contributed by atoms with van der Waals surface area (Å²) in [5.41, 5.74) is -0.0710. The molecule has 0 aromatic carbocycles. The normalized spacial score (nSPS) is 9.79. The summed E-state index contributed by atoms with van der Waals surface area (Å²) in [7, 11) is 0. The smallest absolute Gasteiger partial charge is 0.287 e. The predicted octanol–water partition coefficient (Wildman–Crippen LogP) is 2.02. The molecule has 14 heavy (non-hydrogen) atoms. The van der Waals surface area contributed by atoms with E-state index < -0.39 is 4.92 Å². The van der Waals surface area contributed by atoms with Gasteiger partial charge in [0.15, 0.2) is 5.12 Å². The van der Waals surface area contributed by atoms with Gasteiger partial charge in [0.05, 0.1) is 4.92 Å². The van der Waals surface area contributed by atoms with Crippen LogP contribution in [0.15, 0.2) is 23.4 Å². The van der Waals surface area contributed by atoms with Gasteiger partial charge >= 0.3 is 0 Å². The maximum absolute atomic E-state index is 11.0. The molecule has 1 aromatic heterocycles. The SMILES string of the molecule is CCC(=O)Sc1ccc([N+](=O)[O-])cn1. The first-order valence-corrected chi connectivity index (χ1v) is 4.76. The number of rotatable bonds is 3. The van der Waals surface area contributed by atoms with Gasteiger partial charge in [-0.05, 0) is 17.8 Å². The van der Waals surface area contributed by atoms with Crippen molar-refractivity contribution in [3.8, 4) is 0 Å². The quantitative estimate of drug-likeness (QED) is 0.435. The number of carbonyl (C=O) groups excluding carboxylic acids is 1. The molecule has 0 saturated carbocycles. The summed E-state index contributed by atoms with van der Waals surface area (Å²) in [6.45, 7) is 1.75. The summed E-state index contributed by atoms with van der Waals surface area (Å²) in [4.78, 5) is 24.5. The lowest BCUT2D eigenvalue weighted by atomic mass is 10.4. The predicted molar refractivity (Wildman–Crippen MR) is 52.0 cm³/mol. The molecular formula is C8H8N2O3S. The molecule has 0 spiro atoms. The molecule has 6 heteroatoms. The average molecular weight is 212 g/mol.